The van der Waals surface area contributed by atoms with Gasteiger partial charge in [-0.15, -0.1) is 11.3 Å². The zero-order valence-electron chi connectivity index (χ0n) is 13.6. The highest BCUT2D eigenvalue weighted by molar-refractivity contribution is 7.16. The third kappa shape index (κ3) is 3.65. The minimum absolute atomic E-state index is 0.137. The molecule has 25 heavy (non-hydrogen) atoms. The topological polar surface area (TPSA) is 60.5 Å². The van der Waals surface area contributed by atoms with Gasteiger partial charge in [-0.05, 0) is 43.2 Å². The van der Waals surface area contributed by atoms with Crippen LogP contribution in [0.15, 0.2) is 48.0 Å². The number of anilines is 1. The summed E-state index contributed by atoms with van der Waals surface area (Å²) in [5.41, 5.74) is 3.95. The number of fused-ring (bicyclic) bond motifs is 1. The average Bonchev–Trinajstić information content (AvgIpc) is 3.31. The minimum Gasteiger partial charge on any atom is -0.489 e. The molecule has 2 heterocycles. The summed E-state index contributed by atoms with van der Waals surface area (Å²) in [5, 5.41) is 2.94. The van der Waals surface area contributed by atoms with Crippen molar-refractivity contribution in [2.45, 2.75) is 18.9 Å². The van der Waals surface area contributed by atoms with E-state index >= 15 is 0 Å². The summed E-state index contributed by atoms with van der Waals surface area (Å²) in [6.07, 6.45) is 2.23. The molecule has 0 radical (unpaired) electrons. The highest BCUT2D eigenvalue weighted by Gasteiger charge is 2.17. The van der Waals surface area contributed by atoms with E-state index in [1.165, 1.54) is 11.3 Å². The van der Waals surface area contributed by atoms with Gasteiger partial charge < -0.3 is 14.8 Å². The van der Waals surface area contributed by atoms with Crippen molar-refractivity contribution in [2.24, 2.45) is 0 Å². The van der Waals surface area contributed by atoms with Crippen LogP contribution in [0.2, 0.25) is 0 Å². The number of thiazole rings is 1. The number of carbonyl (C=O) groups excluding carboxylic acids is 1. The second kappa shape index (κ2) is 7.21. The lowest BCUT2D eigenvalue weighted by molar-refractivity contribution is 0.0682. The quantitative estimate of drug-likeness (QED) is 0.749. The highest BCUT2D eigenvalue weighted by atomic mass is 32.1. The maximum Gasteiger partial charge on any atom is 0.255 e. The van der Waals surface area contributed by atoms with E-state index in [0.717, 1.165) is 29.7 Å². The Hall–Kier alpha value is -2.44. The van der Waals surface area contributed by atoms with Crippen molar-refractivity contribution >= 4 is 33.1 Å². The van der Waals surface area contributed by atoms with Crippen LogP contribution < -0.4 is 10.1 Å². The number of ether oxygens (including phenoxy) is 2. The van der Waals surface area contributed by atoms with Crippen molar-refractivity contribution in [2.75, 3.05) is 18.5 Å². The Kier molecular flexibility index (Phi) is 4.63. The molecule has 0 aliphatic carbocycles. The van der Waals surface area contributed by atoms with Crippen LogP contribution in [-0.2, 0) is 4.74 Å². The lowest BCUT2D eigenvalue weighted by Gasteiger charge is -2.15. The van der Waals surface area contributed by atoms with Gasteiger partial charge in [0.2, 0.25) is 0 Å². The number of para-hydroxylation sites is 2. The van der Waals surface area contributed by atoms with Gasteiger partial charge in [-0.2, -0.15) is 0 Å². The number of carbonyl (C=O) groups is 1. The van der Waals surface area contributed by atoms with Gasteiger partial charge in [0, 0.05) is 12.2 Å². The normalized spacial score (nSPS) is 16.9. The van der Waals surface area contributed by atoms with Gasteiger partial charge in [-0.25, -0.2) is 4.98 Å². The van der Waals surface area contributed by atoms with Gasteiger partial charge in [0.05, 0.1) is 27.5 Å². The summed E-state index contributed by atoms with van der Waals surface area (Å²) < 4.78 is 12.4. The SMILES string of the molecule is O=C(Nc1ccccc1OCC1CCCO1)c1ccc2ncsc2c1. The van der Waals surface area contributed by atoms with E-state index in [-0.39, 0.29) is 12.0 Å². The van der Waals surface area contributed by atoms with Crippen LogP contribution >= 0.6 is 11.3 Å². The Morgan fingerprint density at radius 3 is 3.12 bits per heavy atom. The molecule has 0 saturated carbocycles. The van der Waals surface area contributed by atoms with E-state index in [9.17, 15) is 4.79 Å². The fourth-order valence-electron chi connectivity index (χ4n) is 2.85. The molecule has 1 N–H and O–H groups in total. The molecule has 0 spiro atoms. The molecule has 4 rings (SSSR count). The molecule has 0 bridgehead atoms. The van der Waals surface area contributed by atoms with Crippen LogP contribution in [0.1, 0.15) is 23.2 Å². The largest absolute Gasteiger partial charge is 0.489 e. The van der Waals surface area contributed by atoms with Crippen LogP contribution in [0.4, 0.5) is 5.69 Å². The van der Waals surface area contributed by atoms with E-state index in [0.29, 0.717) is 23.6 Å². The second-order valence-electron chi connectivity index (χ2n) is 5.93. The lowest BCUT2D eigenvalue weighted by atomic mass is 10.2. The molecule has 1 amide bonds. The van der Waals surface area contributed by atoms with Gasteiger partial charge in [0.25, 0.3) is 5.91 Å². The van der Waals surface area contributed by atoms with Crippen molar-refractivity contribution in [1.82, 2.24) is 4.98 Å². The molecule has 1 aliphatic rings. The standard InChI is InChI=1S/C19H18N2O3S/c22-19(13-7-8-16-18(10-13)25-12-20-16)21-15-5-1-2-6-17(15)24-11-14-4-3-9-23-14/h1-2,5-8,10,12,14H,3-4,9,11H2,(H,21,22). The smallest absolute Gasteiger partial charge is 0.255 e. The monoisotopic (exact) mass is 354 g/mol. The molecule has 3 aromatic rings. The highest BCUT2D eigenvalue weighted by Crippen LogP contribution is 2.26. The first-order valence-electron chi connectivity index (χ1n) is 8.27. The van der Waals surface area contributed by atoms with E-state index in [4.69, 9.17) is 9.47 Å². The first-order chi connectivity index (χ1) is 12.3. The Morgan fingerprint density at radius 1 is 1.32 bits per heavy atom. The van der Waals surface area contributed by atoms with Crippen LogP contribution in [0.25, 0.3) is 10.2 Å². The molecule has 1 fully saturated rings. The predicted octanol–water partition coefficient (Wildman–Crippen LogP) is 4.11. The summed E-state index contributed by atoms with van der Waals surface area (Å²) in [5.74, 6) is 0.494. The summed E-state index contributed by atoms with van der Waals surface area (Å²) in [7, 11) is 0. The number of rotatable bonds is 5. The molecular weight excluding hydrogens is 336 g/mol. The Morgan fingerprint density at radius 2 is 2.24 bits per heavy atom. The number of nitrogens with one attached hydrogen (secondary N) is 1. The molecule has 5 nitrogen and oxygen atoms in total. The molecule has 1 aliphatic heterocycles. The summed E-state index contributed by atoms with van der Waals surface area (Å²) in [4.78, 5) is 16.8. The number of aromatic nitrogens is 1. The van der Waals surface area contributed by atoms with Crippen molar-refractivity contribution in [3.8, 4) is 5.75 Å². The molecule has 1 unspecified atom stereocenters. The van der Waals surface area contributed by atoms with Crippen molar-refractivity contribution in [3.63, 3.8) is 0 Å². The van der Waals surface area contributed by atoms with Gasteiger partial charge in [-0.1, -0.05) is 12.1 Å². The Bertz CT molecular complexity index is 887. The Labute approximate surface area is 149 Å². The summed E-state index contributed by atoms with van der Waals surface area (Å²) in [6.45, 7) is 1.30. The fraction of sp³-hybridized carbons (Fsp3) is 0.263. The zero-order valence-corrected chi connectivity index (χ0v) is 14.4. The van der Waals surface area contributed by atoms with Gasteiger partial charge >= 0.3 is 0 Å². The number of amides is 1. The van der Waals surface area contributed by atoms with Gasteiger partial charge in [0.15, 0.2) is 0 Å². The molecule has 6 heteroatoms. The minimum atomic E-state index is -0.163. The van der Waals surface area contributed by atoms with Crippen LogP contribution in [0.5, 0.6) is 5.75 Å². The lowest BCUT2D eigenvalue weighted by Crippen LogP contribution is -2.18. The summed E-state index contributed by atoms with van der Waals surface area (Å²) >= 11 is 1.52. The maximum absolute atomic E-state index is 12.6. The van der Waals surface area contributed by atoms with Crippen molar-refractivity contribution < 1.29 is 14.3 Å². The molecule has 1 atom stereocenters. The second-order valence-corrected chi connectivity index (χ2v) is 6.82. The van der Waals surface area contributed by atoms with Crippen LogP contribution in [0, 0.1) is 0 Å². The third-order valence-electron chi connectivity index (χ3n) is 4.18. The van der Waals surface area contributed by atoms with E-state index in [1.54, 1.807) is 11.6 Å². The first kappa shape index (κ1) is 16.1. The predicted molar refractivity (Wildman–Crippen MR) is 98.5 cm³/mol. The number of hydrogen-bond donors (Lipinski definition) is 1. The number of hydrogen-bond acceptors (Lipinski definition) is 5. The van der Waals surface area contributed by atoms with Crippen LogP contribution in [-0.4, -0.2) is 30.2 Å². The van der Waals surface area contributed by atoms with Crippen molar-refractivity contribution in [1.29, 1.82) is 0 Å². The molecule has 1 aromatic heterocycles. The number of benzene rings is 2. The fourth-order valence-corrected chi connectivity index (χ4v) is 3.56. The summed E-state index contributed by atoms with van der Waals surface area (Å²) in [6, 6.07) is 13.0. The number of nitrogens with zero attached hydrogens (tertiary/aromatic N) is 1. The Balaban J connectivity index is 1.48. The molecule has 2 aromatic carbocycles. The van der Waals surface area contributed by atoms with E-state index in [2.05, 4.69) is 10.3 Å². The van der Waals surface area contributed by atoms with Crippen LogP contribution in [0.3, 0.4) is 0 Å². The van der Waals surface area contributed by atoms with E-state index in [1.807, 2.05) is 36.4 Å². The average molecular weight is 354 g/mol. The zero-order chi connectivity index (χ0) is 17.1. The molecule has 128 valence electrons. The van der Waals surface area contributed by atoms with Crippen molar-refractivity contribution in [3.05, 3.63) is 53.5 Å². The van der Waals surface area contributed by atoms with Gasteiger partial charge in [0.1, 0.15) is 12.4 Å². The third-order valence-corrected chi connectivity index (χ3v) is 4.97. The first-order valence-corrected chi connectivity index (χ1v) is 9.15. The van der Waals surface area contributed by atoms with Gasteiger partial charge in [-0.3, -0.25) is 4.79 Å². The maximum atomic E-state index is 12.6. The van der Waals surface area contributed by atoms with E-state index < -0.39 is 0 Å². The molecule has 1 saturated heterocycles. The molecular formula is C19H18N2O3S.